The first-order valence-electron chi connectivity index (χ1n) is 6.58. The third kappa shape index (κ3) is 3.33. The van der Waals surface area contributed by atoms with Gasteiger partial charge in [-0.3, -0.25) is 0 Å². The average Bonchev–Trinajstić information content (AvgIpc) is 2.31. The van der Waals surface area contributed by atoms with E-state index in [0.29, 0.717) is 0 Å². The third-order valence-corrected chi connectivity index (χ3v) is 3.82. The van der Waals surface area contributed by atoms with Crippen LogP contribution in [0.15, 0.2) is 29.8 Å². The summed E-state index contributed by atoms with van der Waals surface area (Å²) in [6.07, 6.45) is 9.39. The fraction of sp³-hybridized carbons (Fsp3) is 0.467. The van der Waals surface area contributed by atoms with Gasteiger partial charge in [0.25, 0.3) is 0 Å². The van der Waals surface area contributed by atoms with E-state index < -0.39 is 0 Å². The second-order valence-corrected chi connectivity index (χ2v) is 5.29. The summed E-state index contributed by atoms with van der Waals surface area (Å²) in [4.78, 5) is 0. The Kier molecular flexibility index (Phi) is 4.79. The molecule has 1 aromatic carbocycles. The molecule has 0 aliphatic heterocycles. The standard InChI is InChI=1S/C15H19ClFN/c16-13-10-12(8-9-14(13)17)15(18)11-6-4-2-1-3-5-7-11/h6,8-10,15H,1-5,7,18H2/b11-6+. The van der Waals surface area contributed by atoms with E-state index in [9.17, 15) is 4.39 Å². The van der Waals surface area contributed by atoms with Crippen molar-refractivity contribution in [3.05, 3.63) is 46.3 Å². The zero-order chi connectivity index (χ0) is 13.0. The molecule has 0 saturated carbocycles. The highest BCUT2D eigenvalue weighted by molar-refractivity contribution is 6.30. The van der Waals surface area contributed by atoms with Crippen molar-refractivity contribution >= 4 is 11.6 Å². The number of allylic oxidation sites excluding steroid dienone is 1. The van der Waals surface area contributed by atoms with Crippen molar-refractivity contribution in [2.24, 2.45) is 5.73 Å². The highest BCUT2D eigenvalue weighted by atomic mass is 35.5. The molecule has 2 rings (SSSR count). The van der Waals surface area contributed by atoms with E-state index in [2.05, 4.69) is 6.08 Å². The van der Waals surface area contributed by atoms with Gasteiger partial charge >= 0.3 is 0 Å². The molecule has 0 radical (unpaired) electrons. The average molecular weight is 268 g/mol. The second-order valence-electron chi connectivity index (χ2n) is 4.88. The Morgan fingerprint density at radius 3 is 2.72 bits per heavy atom. The molecular formula is C15H19ClFN. The number of hydrogen-bond donors (Lipinski definition) is 1. The van der Waals surface area contributed by atoms with Gasteiger partial charge in [0.2, 0.25) is 0 Å². The summed E-state index contributed by atoms with van der Waals surface area (Å²) in [5.41, 5.74) is 8.42. The largest absolute Gasteiger partial charge is 0.321 e. The van der Waals surface area contributed by atoms with Crippen LogP contribution >= 0.6 is 11.6 Å². The lowest BCUT2D eigenvalue weighted by atomic mass is 9.91. The van der Waals surface area contributed by atoms with Crippen LogP contribution in [0.1, 0.15) is 50.1 Å². The Hall–Kier alpha value is -0.860. The highest BCUT2D eigenvalue weighted by Crippen LogP contribution is 2.29. The van der Waals surface area contributed by atoms with Crippen LogP contribution in [0.2, 0.25) is 5.02 Å². The van der Waals surface area contributed by atoms with Crippen molar-refractivity contribution in [1.82, 2.24) is 0 Å². The summed E-state index contributed by atoms with van der Waals surface area (Å²) in [6.45, 7) is 0. The van der Waals surface area contributed by atoms with E-state index in [1.807, 2.05) is 0 Å². The quantitative estimate of drug-likeness (QED) is 0.768. The van der Waals surface area contributed by atoms with Gasteiger partial charge in [-0.05, 0) is 43.4 Å². The highest BCUT2D eigenvalue weighted by Gasteiger charge is 2.14. The predicted octanol–water partition coefficient (Wildman–Crippen LogP) is 4.76. The van der Waals surface area contributed by atoms with E-state index in [1.54, 1.807) is 12.1 Å². The predicted molar refractivity (Wildman–Crippen MR) is 74.1 cm³/mol. The van der Waals surface area contributed by atoms with Gasteiger partial charge in [0, 0.05) is 0 Å². The van der Waals surface area contributed by atoms with Crippen molar-refractivity contribution < 1.29 is 4.39 Å². The fourth-order valence-corrected chi connectivity index (χ4v) is 2.61. The molecule has 2 N–H and O–H groups in total. The molecule has 3 heteroatoms. The minimum absolute atomic E-state index is 0.148. The molecule has 18 heavy (non-hydrogen) atoms. The van der Waals surface area contributed by atoms with E-state index in [1.165, 1.54) is 37.3 Å². The van der Waals surface area contributed by atoms with Gasteiger partial charge < -0.3 is 5.73 Å². The molecule has 1 atom stereocenters. The third-order valence-electron chi connectivity index (χ3n) is 3.53. The Balaban J connectivity index is 2.18. The van der Waals surface area contributed by atoms with E-state index in [-0.39, 0.29) is 16.9 Å². The van der Waals surface area contributed by atoms with Gasteiger partial charge in [0.15, 0.2) is 0 Å². The van der Waals surface area contributed by atoms with E-state index in [4.69, 9.17) is 17.3 Å². The number of halogens is 2. The fourth-order valence-electron chi connectivity index (χ4n) is 2.42. The molecule has 0 saturated heterocycles. The lowest BCUT2D eigenvalue weighted by Crippen LogP contribution is -2.14. The second kappa shape index (κ2) is 6.35. The Labute approximate surface area is 113 Å². The summed E-state index contributed by atoms with van der Waals surface area (Å²) in [6, 6.07) is 4.61. The van der Waals surface area contributed by atoms with Crippen LogP contribution in [0.25, 0.3) is 0 Å². The van der Waals surface area contributed by atoms with Crippen molar-refractivity contribution in [2.75, 3.05) is 0 Å². The molecule has 0 heterocycles. The number of benzene rings is 1. The van der Waals surface area contributed by atoms with Gasteiger partial charge in [-0.25, -0.2) is 4.39 Å². The van der Waals surface area contributed by atoms with Crippen LogP contribution in [0.3, 0.4) is 0 Å². The van der Waals surface area contributed by atoms with Crippen LogP contribution in [0.4, 0.5) is 4.39 Å². The summed E-state index contributed by atoms with van der Waals surface area (Å²) < 4.78 is 13.1. The SMILES string of the molecule is NC(/C1=C/CCCCCC1)c1ccc(F)c(Cl)c1. The number of nitrogens with two attached hydrogens (primary N) is 1. The van der Waals surface area contributed by atoms with Gasteiger partial charge in [0.1, 0.15) is 5.82 Å². The Morgan fingerprint density at radius 1 is 1.17 bits per heavy atom. The Morgan fingerprint density at radius 2 is 1.94 bits per heavy atom. The topological polar surface area (TPSA) is 26.0 Å². The van der Waals surface area contributed by atoms with Gasteiger partial charge in [0.05, 0.1) is 11.1 Å². The summed E-state index contributed by atoms with van der Waals surface area (Å²) >= 11 is 5.81. The normalized spacial score (nSPS) is 21.6. The Bertz CT molecular complexity index is 442. The maximum Gasteiger partial charge on any atom is 0.141 e. The summed E-state index contributed by atoms with van der Waals surface area (Å²) in [7, 11) is 0. The monoisotopic (exact) mass is 267 g/mol. The van der Waals surface area contributed by atoms with Crippen molar-refractivity contribution in [1.29, 1.82) is 0 Å². The maximum absolute atomic E-state index is 13.1. The molecule has 98 valence electrons. The first-order chi connectivity index (χ1) is 8.68. The number of rotatable bonds is 2. The van der Waals surface area contributed by atoms with E-state index >= 15 is 0 Å². The zero-order valence-electron chi connectivity index (χ0n) is 10.5. The lowest BCUT2D eigenvalue weighted by Gasteiger charge is -2.19. The smallest absolute Gasteiger partial charge is 0.141 e. The summed E-state index contributed by atoms with van der Waals surface area (Å²) in [5, 5.41) is 0.148. The lowest BCUT2D eigenvalue weighted by molar-refractivity contribution is 0.601. The molecule has 1 aliphatic rings. The van der Waals surface area contributed by atoms with Crippen molar-refractivity contribution in [3.8, 4) is 0 Å². The molecule has 1 unspecified atom stereocenters. The summed E-state index contributed by atoms with van der Waals surface area (Å²) in [5.74, 6) is -0.390. The van der Waals surface area contributed by atoms with Crippen LogP contribution < -0.4 is 5.73 Å². The van der Waals surface area contributed by atoms with Crippen LogP contribution in [-0.4, -0.2) is 0 Å². The molecule has 0 bridgehead atoms. The van der Waals surface area contributed by atoms with Crippen LogP contribution in [0, 0.1) is 5.82 Å². The molecule has 1 aliphatic carbocycles. The van der Waals surface area contributed by atoms with Gasteiger partial charge in [-0.2, -0.15) is 0 Å². The van der Waals surface area contributed by atoms with E-state index in [0.717, 1.165) is 18.4 Å². The molecule has 1 nitrogen and oxygen atoms in total. The molecule has 0 amide bonds. The van der Waals surface area contributed by atoms with Crippen molar-refractivity contribution in [3.63, 3.8) is 0 Å². The molecule has 1 aromatic rings. The minimum atomic E-state index is -0.390. The van der Waals surface area contributed by atoms with Crippen molar-refractivity contribution in [2.45, 2.75) is 44.6 Å². The van der Waals surface area contributed by atoms with Gasteiger partial charge in [-0.15, -0.1) is 0 Å². The molecule has 0 spiro atoms. The molecule has 0 aromatic heterocycles. The zero-order valence-corrected chi connectivity index (χ0v) is 11.2. The maximum atomic E-state index is 13.1. The van der Waals surface area contributed by atoms with Gasteiger partial charge in [-0.1, -0.05) is 42.2 Å². The first kappa shape index (κ1) is 13.6. The number of hydrogen-bond acceptors (Lipinski definition) is 1. The van der Waals surface area contributed by atoms with Crippen LogP contribution in [0.5, 0.6) is 0 Å². The minimum Gasteiger partial charge on any atom is -0.321 e. The molecule has 0 fully saturated rings. The first-order valence-corrected chi connectivity index (χ1v) is 6.96. The van der Waals surface area contributed by atoms with Crippen LogP contribution in [-0.2, 0) is 0 Å². The molecular weight excluding hydrogens is 249 g/mol.